The summed E-state index contributed by atoms with van der Waals surface area (Å²) in [6.45, 7) is 9.17. The van der Waals surface area contributed by atoms with Gasteiger partial charge in [0.15, 0.2) is 0 Å². The van der Waals surface area contributed by atoms with Crippen LogP contribution in [0.3, 0.4) is 0 Å². The minimum Gasteiger partial charge on any atom is -0.383 e. The van der Waals surface area contributed by atoms with Gasteiger partial charge >= 0.3 is 0 Å². The highest BCUT2D eigenvalue weighted by Gasteiger charge is 2.24. The molecule has 0 amide bonds. The van der Waals surface area contributed by atoms with E-state index in [1.165, 1.54) is 0 Å². The van der Waals surface area contributed by atoms with E-state index in [1.54, 1.807) is 7.11 Å². The van der Waals surface area contributed by atoms with Gasteiger partial charge in [-0.05, 0) is 18.9 Å². The fourth-order valence-electron chi connectivity index (χ4n) is 1.51. The van der Waals surface area contributed by atoms with Gasteiger partial charge in [-0.1, -0.05) is 20.8 Å². The predicted molar refractivity (Wildman–Crippen MR) is 58.3 cm³/mol. The van der Waals surface area contributed by atoms with Gasteiger partial charge in [-0.25, -0.2) is 4.39 Å². The molecule has 1 rings (SSSR count). The second kappa shape index (κ2) is 8.18. The van der Waals surface area contributed by atoms with Gasteiger partial charge in [0, 0.05) is 20.2 Å². The zero-order chi connectivity index (χ0) is 11.0. The summed E-state index contributed by atoms with van der Waals surface area (Å²) in [5.41, 5.74) is 0. The van der Waals surface area contributed by atoms with Crippen LogP contribution in [-0.2, 0) is 4.74 Å². The van der Waals surface area contributed by atoms with Gasteiger partial charge in [-0.2, -0.15) is 0 Å². The highest BCUT2D eigenvalue weighted by molar-refractivity contribution is 4.77. The third kappa shape index (κ3) is 4.91. The van der Waals surface area contributed by atoms with Crippen LogP contribution >= 0.6 is 0 Å². The molecule has 0 aromatic rings. The summed E-state index contributed by atoms with van der Waals surface area (Å²) in [6, 6.07) is 0. The van der Waals surface area contributed by atoms with Crippen LogP contribution in [0.4, 0.5) is 4.39 Å². The van der Waals surface area contributed by atoms with Gasteiger partial charge < -0.3 is 4.74 Å². The van der Waals surface area contributed by atoms with Gasteiger partial charge in [-0.3, -0.25) is 4.90 Å². The summed E-state index contributed by atoms with van der Waals surface area (Å²) < 4.78 is 18.1. The van der Waals surface area contributed by atoms with E-state index in [9.17, 15) is 4.39 Å². The Kier molecular flexibility index (Phi) is 8.09. The molecule has 0 aliphatic carbocycles. The molecule has 2 atom stereocenters. The minimum atomic E-state index is -0.643. The zero-order valence-electron chi connectivity index (χ0n) is 9.92. The first-order valence-corrected chi connectivity index (χ1v) is 5.59. The Morgan fingerprint density at radius 1 is 1.43 bits per heavy atom. The number of hydrogen-bond donors (Lipinski definition) is 0. The average Bonchev–Trinajstić information content (AvgIpc) is 2.23. The summed E-state index contributed by atoms with van der Waals surface area (Å²) in [7, 11) is 1.68. The average molecular weight is 205 g/mol. The Morgan fingerprint density at radius 3 is 2.57 bits per heavy atom. The van der Waals surface area contributed by atoms with Gasteiger partial charge in [-0.15, -0.1) is 0 Å². The van der Waals surface area contributed by atoms with E-state index < -0.39 is 6.17 Å². The molecule has 1 saturated heterocycles. The predicted octanol–water partition coefficient (Wildman–Crippen LogP) is 2.34. The maximum atomic E-state index is 13.2. The maximum Gasteiger partial charge on any atom is 0.115 e. The number of rotatable bonds is 3. The quantitative estimate of drug-likeness (QED) is 0.701. The van der Waals surface area contributed by atoms with E-state index in [-0.39, 0.29) is 5.92 Å². The monoisotopic (exact) mass is 205 g/mol. The van der Waals surface area contributed by atoms with Crippen LogP contribution in [0.25, 0.3) is 0 Å². The van der Waals surface area contributed by atoms with Crippen molar-refractivity contribution < 1.29 is 9.13 Å². The SMILES string of the molecule is CC.COCCN1CCC(C)C(F)C1. The smallest absolute Gasteiger partial charge is 0.115 e. The van der Waals surface area contributed by atoms with Crippen molar-refractivity contribution in [2.24, 2.45) is 5.92 Å². The van der Waals surface area contributed by atoms with Crippen molar-refractivity contribution in [1.82, 2.24) is 4.90 Å². The molecule has 2 unspecified atom stereocenters. The van der Waals surface area contributed by atoms with Crippen LogP contribution in [0, 0.1) is 5.92 Å². The van der Waals surface area contributed by atoms with E-state index in [1.807, 2.05) is 20.8 Å². The molecule has 0 saturated carbocycles. The van der Waals surface area contributed by atoms with E-state index in [0.29, 0.717) is 13.2 Å². The van der Waals surface area contributed by atoms with Crippen LogP contribution in [-0.4, -0.2) is 44.4 Å². The molecule has 0 aromatic carbocycles. The second-order valence-electron chi connectivity index (χ2n) is 3.58. The molecule has 0 aromatic heterocycles. The van der Waals surface area contributed by atoms with Crippen molar-refractivity contribution >= 4 is 0 Å². The number of piperidine rings is 1. The summed E-state index contributed by atoms with van der Waals surface area (Å²) in [4.78, 5) is 2.13. The van der Waals surface area contributed by atoms with Gasteiger partial charge in [0.2, 0.25) is 0 Å². The van der Waals surface area contributed by atoms with Crippen LogP contribution in [0.1, 0.15) is 27.2 Å². The molecule has 2 nitrogen and oxygen atoms in total. The molecule has 1 heterocycles. The third-order valence-electron chi connectivity index (χ3n) is 2.56. The molecule has 1 fully saturated rings. The number of ether oxygens (including phenoxy) is 1. The second-order valence-corrected chi connectivity index (χ2v) is 3.58. The molecule has 0 radical (unpaired) electrons. The lowest BCUT2D eigenvalue weighted by atomic mass is 9.97. The lowest BCUT2D eigenvalue weighted by Gasteiger charge is -2.32. The summed E-state index contributed by atoms with van der Waals surface area (Å²) in [5, 5.41) is 0. The number of methoxy groups -OCH3 is 1. The molecular formula is C11H24FNO. The first-order chi connectivity index (χ1) is 6.74. The number of alkyl halides is 1. The highest BCUT2D eigenvalue weighted by atomic mass is 19.1. The Bertz CT molecular complexity index is 130. The standard InChI is InChI=1S/C9H18FNO.C2H6/c1-8-3-4-11(5-6-12-2)7-9(8)10;1-2/h8-9H,3-7H2,1-2H3;1-2H3. The normalized spacial score (nSPS) is 28.1. The first kappa shape index (κ1) is 13.8. The van der Waals surface area contributed by atoms with Crippen molar-refractivity contribution in [2.75, 3.05) is 33.4 Å². The van der Waals surface area contributed by atoms with Crippen molar-refractivity contribution in [2.45, 2.75) is 33.4 Å². The summed E-state index contributed by atoms with van der Waals surface area (Å²) in [5.74, 6) is 0.240. The van der Waals surface area contributed by atoms with Crippen molar-refractivity contribution in [3.8, 4) is 0 Å². The molecule has 1 aliphatic rings. The topological polar surface area (TPSA) is 12.5 Å². The number of halogens is 1. The van der Waals surface area contributed by atoms with Crippen molar-refractivity contribution in [3.63, 3.8) is 0 Å². The van der Waals surface area contributed by atoms with Crippen LogP contribution < -0.4 is 0 Å². The molecule has 14 heavy (non-hydrogen) atoms. The van der Waals surface area contributed by atoms with E-state index >= 15 is 0 Å². The summed E-state index contributed by atoms with van der Waals surface area (Å²) >= 11 is 0. The molecule has 0 spiro atoms. The van der Waals surface area contributed by atoms with Crippen molar-refractivity contribution in [1.29, 1.82) is 0 Å². The minimum absolute atomic E-state index is 0.240. The van der Waals surface area contributed by atoms with E-state index in [4.69, 9.17) is 4.74 Å². The van der Waals surface area contributed by atoms with Crippen LogP contribution in [0.5, 0.6) is 0 Å². The number of likely N-dealkylation sites (tertiary alicyclic amines) is 1. The lowest BCUT2D eigenvalue weighted by Crippen LogP contribution is -2.42. The van der Waals surface area contributed by atoms with Crippen molar-refractivity contribution in [3.05, 3.63) is 0 Å². The van der Waals surface area contributed by atoms with Crippen LogP contribution in [0.2, 0.25) is 0 Å². The zero-order valence-corrected chi connectivity index (χ0v) is 9.92. The van der Waals surface area contributed by atoms with Gasteiger partial charge in [0.1, 0.15) is 6.17 Å². The fraction of sp³-hybridized carbons (Fsp3) is 1.00. The summed E-state index contributed by atoms with van der Waals surface area (Å²) in [6.07, 6.45) is 0.334. The lowest BCUT2D eigenvalue weighted by molar-refractivity contribution is 0.0699. The third-order valence-corrected chi connectivity index (χ3v) is 2.56. The Hall–Kier alpha value is -0.150. The fourth-order valence-corrected chi connectivity index (χ4v) is 1.51. The van der Waals surface area contributed by atoms with E-state index in [2.05, 4.69) is 4.90 Å². The first-order valence-electron chi connectivity index (χ1n) is 5.59. The van der Waals surface area contributed by atoms with E-state index in [0.717, 1.165) is 19.5 Å². The molecule has 1 aliphatic heterocycles. The highest BCUT2D eigenvalue weighted by Crippen LogP contribution is 2.19. The Balaban J connectivity index is 0.000000791. The largest absolute Gasteiger partial charge is 0.383 e. The van der Waals surface area contributed by atoms with Crippen LogP contribution in [0.15, 0.2) is 0 Å². The molecule has 0 bridgehead atoms. The molecule has 0 N–H and O–H groups in total. The number of nitrogens with zero attached hydrogens (tertiary/aromatic N) is 1. The maximum absolute atomic E-state index is 13.2. The Morgan fingerprint density at radius 2 is 2.07 bits per heavy atom. The molecule has 3 heteroatoms. The number of hydrogen-bond acceptors (Lipinski definition) is 2. The molecule has 86 valence electrons. The van der Waals surface area contributed by atoms with Gasteiger partial charge in [0.05, 0.1) is 6.61 Å². The molecular weight excluding hydrogens is 181 g/mol. The Labute approximate surface area is 87.4 Å². The van der Waals surface area contributed by atoms with Gasteiger partial charge in [0.25, 0.3) is 0 Å².